The van der Waals surface area contributed by atoms with E-state index in [1.165, 1.54) is 18.2 Å². The number of H-pyrrole nitrogens is 1. The second-order valence-electron chi connectivity index (χ2n) is 4.39. The highest BCUT2D eigenvalue weighted by Crippen LogP contribution is 2.24. The van der Waals surface area contributed by atoms with Crippen LogP contribution in [0.15, 0.2) is 30.6 Å². The topological polar surface area (TPSA) is 127 Å². The Labute approximate surface area is 120 Å². The zero-order valence-electron chi connectivity index (χ0n) is 11.2. The van der Waals surface area contributed by atoms with E-state index < -0.39 is 10.8 Å². The summed E-state index contributed by atoms with van der Waals surface area (Å²) < 4.78 is 0. The molecule has 0 fully saturated rings. The minimum absolute atomic E-state index is 0.113. The lowest BCUT2D eigenvalue weighted by atomic mass is 10.1. The normalized spacial score (nSPS) is 10.3. The molecule has 0 atom stereocenters. The molecule has 0 spiro atoms. The number of para-hydroxylation sites is 1. The first kappa shape index (κ1) is 14.5. The van der Waals surface area contributed by atoms with Crippen molar-refractivity contribution in [1.29, 1.82) is 0 Å². The number of nitro groups is 1. The van der Waals surface area contributed by atoms with Crippen LogP contribution in [0.1, 0.15) is 22.6 Å². The number of nitrogen functional groups attached to an aromatic ring is 1. The molecule has 0 saturated carbocycles. The molecular weight excluding hydrogens is 274 g/mol. The summed E-state index contributed by atoms with van der Waals surface area (Å²) in [5.74, 6) is 0.426. The highest BCUT2D eigenvalue weighted by molar-refractivity contribution is 6.00. The summed E-state index contributed by atoms with van der Waals surface area (Å²) >= 11 is 0. The first-order valence-corrected chi connectivity index (χ1v) is 6.39. The number of aromatic amines is 1. The van der Waals surface area contributed by atoms with E-state index in [0.29, 0.717) is 19.4 Å². The summed E-state index contributed by atoms with van der Waals surface area (Å²) in [4.78, 5) is 29.2. The van der Waals surface area contributed by atoms with Gasteiger partial charge >= 0.3 is 0 Å². The van der Waals surface area contributed by atoms with Gasteiger partial charge in [-0.15, -0.1) is 0 Å². The molecule has 8 heteroatoms. The Kier molecular flexibility index (Phi) is 4.50. The molecule has 0 aliphatic rings. The highest BCUT2D eigenvalue weighted by Gasteiger charge is 2.18. The van der Waals surface area contributed by atoms with Gasteiger partial charge in [-0.3, -0.25) is 14.9 Å². The van der Waals surface area contributed by atoms with E-state index in [0.717, 1.165) is 5.82 Å². The largest absolute Gasteiger partial charge is 0.393 e. The fourth-order valence-electron chi connectivity index (χ4n) is 1.90. The summed E-state index contributed by atoms with van der Waals surface area (Å²) in [6.45, 7) is 0.432. The second kappa shape index (κ2) is 6.51. The van der Waals surface area contributed by atoms with Crippen LogP contribution in [0.25, 0.3) is 0 Å². The SMILES string of the molecule is Nc1c(C(=O)NCCCc2ncc[nH]2)cccc1[N+](=O)[O-]. The first-order chi connectivity index (χ1) is 10.1. The van der Waals surface area contributed by atoms with Crippen molar-refractivity contribution in [3.8, 4) is 0 Å². The van der Waals surface area contributed by atoms with Gasteiger partial charge in [-0.05, 0) is 12.5 Å². The molecule has 1 heterocycles. The predicted octanol–water partition coefficient (Wildman–Crippen LogP) is 1.26. The van der Waals surface area contributed by atoms with Crippen molar-refractivity contribution in [2.24, 2.45) is 0 Å². The average molecular weight is 289 g/mol. The lowest BCUT2D eigenvalue weighted by Gasteiger charge is -2.07. The van der Waals surface area contributed by atoms with Gasteiger partial charge in [0.05, 0.1) is 10.5 Å². The standard InChI is InChI=1S/C13H15N5O3/c14-12-9(3-1-4-10(12)18(20)21)13(19)17-6-2-5-11-15-7-8-16-11/h1,3-4,7-8H,2,5-6,14H2,(H,15,16)(H,17,19). The lowest BCUT2D eigenvalue weighted by Crippen LogP contribution is -2.26. The zero-order valence-corrected chi connectivity index (χ0v) is 11.2. The van der Waals surface area contributed by atoms with Crippen molar-refractivity contribution >= 4 is 17.3 Å². The summed E-state index contributed by atoms with van der Waals surface area (Å²) in [6.07, 6.45) is 4.81. The number of hydrogen-bond acceptors (Lipinski definition) is 5. The number of amides is 1. The van der Waals surface area contributed by atoms with Gasteiger partial charge in [-0.1, -0.05) is 6.07 Å². The van der Waals surface area contributed by atoms with Crippen LogP contribution in [0.4, 0.5) is 11.4 Å². The Morgan fingerprint density at radius 2 is 2.29 bits per heavy atom. The van der Waals surface area contributed by atoms with E-state index >= 15 is 0 Å². The zero-order chi connectivity index (χ0) is 15.2. The molecule has 1 amide bonds. The van der Waals surface area contributed by atoms with Crippen molar-refractivity contribution < 1.29 is 9.72 Å². The van der Waals surface area contributed by atoms with Gasteiger partial charge in [-0.2, -0.15) is 0 Å². The Morgan fingerprint density at radius 1 is 1.48 bits per heavy atom. The van der Waals surface area contributed by atoms with Crippen LogP contribution in [0.2, 0.25) is 0 Å². The highest BCUT2D eigenvalue weighted by atomic mass is 16.6. The molecule has 2 aromatic rings. The van der Waals surface area contributed by atoms with Crippen molar-refractivity contribution in [2.45, 2.75) is 12.8 Å². The molecular formula is C13H15N5O3. The third-order valence-corrected chi connectivity index (χ3v) is 2.96. The lowest BCUT2D eigenvalue weighted by molar-refractivity contribution is -0.383. The van der Waals surface area contributed by atoms with E-state index in [-0.39, 0.29) is 16.9 Å². The van der Waals surface area contributed by atoms with Gasteiger partial charge in [0, 0.05) is 31.4 Å². The number of aromatic nitrogens is 2. The fourth-order valence-corrected chi connectivity index (χ4v) is 1.90. The fraction of sp³-hybridized carbons (Fsp3) is 0.231. The van der Waals surface area contributed by atoms with E-state index in [1.807, 2.05) is 0 Å². The number of carbonyl (C=O) groups excluding carboxylic acids is 1. The van der Waals surface area contributed by atoms with E-state index in [1.54, 1.807) is 12.4 Å². The molecule has 0 radical (unpaired) electrons. The molecule has 0 saturated heterocycles. The number of nitrogens with two attached hydrogens (primary N) is 1. The molecule has 1 aromatic heterocycles. The molecule has 2 rings (SSSR count). The van der Waals surface area contributed by atoms with Crippen LogP contribution in [0, 0.1) is 10.1 Å². The van der Waals surface area contributed by atoms with Gasteiger partial charge in [-0.25, -0.2) is 4.98 Å². The van der Waals surface area contributed by atoms with Crippen molar-refractivity contribution in [2.75, 3.05) is 12.3 Å². The van der Waals surface area contributed by atoms with Gasteiger partial charge in [0.25, 0.3) is 11.6 Å². The van der Waals surface area contributed by atoms with Crippen molar-refractivity contribution in [3.63, 3.8) is 0 Å². The van der Waals surface area contributed by atoms with E-state index in [9.17, 15) is 14.9 Å². The molecule has 4 N–H and O–H groups in total. The van der Waals surface area contributed by atoms with Crippen LogP contribution < -0.4 is 11.1 Å². The van der Waals surface area contributed by atoms with Crippen LogP contribution in [-0.4, -0.2) is 27.3 Å². The Hall–Kier alpha value is -2.90. The third kappa shape index (κ3) is 3.56. The van der Waals surface area contributed by atoms with Crippen LogP contribution in [0.5, 0.6) is 0 Å². The van der Waals surface area contributed by atoms with E-state index in [2.05, 4.69) is 15.3 Å². The Balaban J connectivity index is 1.91. The van der Waals surface area contributed by atoms with Crippen molar-refractivity contribution in [3.05, 3.63) is 52.1 Å². The van der Waals surface area contributed by atoms with Crippen LogP contribution in [-0.2, 0) is 6.42 Å². The molecule has 1 aromatic carbocycles. The molecule has 0 unspecified atom stereocenters. The maximum atomic E-state index is 12.0. The first-order valence-electron chi connectivity index (χ1n) is 6.39. The Bertz CT molecular complexity index is 639. The number of nitrogens with zero attached hydrogens (tertiary/aromatic N) is 2. The van der Waals surface area contributed by atoms with Gasteiger partial charge in [0.2, 0.25) is 0 Å². The monoisotopic (exact) mass is 289 g/mol. The van der Waals surface area contributed by atoms with Crippen molar-refractivity contribution in [1.82, 2.24) is 15.3 Å². The minimum Gasteiger partial charge on any atom is -0.393 e. The Morgan fingerprint density at radius 3 is 2.95 bits per heavy atom. The average Bonchev–Trinajstić information content (AvgIpc) is 2.96. The predicted molar refractivity (Wildman–Crippen MR) is 76.8 cm³/mol. The minimum atomic E-state index is -0.608. The number of hydrogen-bond donors (Lipinski definition) is 3. The second-order valence-corrected chi connectivity index (χ2v) is 4.39. The number of benzene rings is 1. The van der Waals surface area contributed by atoms with Crippen LogP contribution >= 0.6 is 0 Å². The number of imidazole rings is 1. The van der Waals surface area contributed by atoms with E-state index in [4.69, 9.17) is 5.73 Å². The maximum absolute atomic E-state index is 12.0. The molecule has 0 bridgehead atoms. The van der Waals surface area contributed by atoms with Crippen LogP contribution in [0.3, 0.4) is 0 Å². The number of rotatable bonds is 6. The molecule has 21 heavy (non-hydrogen) atoms. The third-order valence-electron chi connectivity index (χ3n) is 2.96. The molecule has 0 aliphatic carbocycles. The number of nitrogens with one attached hydrogen (secondary N) is 2. The number of nitro benzene ring substituents is 1. The number of anilines is 1. The summed E-state index contributed by atoms with van der Waals surface area (Å²) in [5.41, 5.74) is 5.38. The number of carbonyl (C=O) groups is 1. The maximum Gasteiger partial charge on any atom is 0.292 e. The summed E-state index contributed by atoms with van der Waals surface area (Å²) in [6, 6.07) is 4.17. The summed E-state index contributed by atoms with van der Waals surface area (Å²) in [7, 11) is 0. The molecule has 110 valence electrons. The smallest absolute Gasteiger partial charge is 0.292 e. The molecule has 8 nitrogen and oxygen atoms in total. The van der Waals surface area contributed by atoms with Gasteiger partial charge in [0.15, 0.2) is 0 Å². The van der Waals surface area contributed by atoms with Gasteiger partial charge < -0.3 is 16.0 Å². The quantitative estimate of drug-likeness (QED) is 0.319. The summed E-state index contributed by atoms with van der Waals surface area (Å²) in [5, 5.41) is 13.5. The van der Waals surface area contributed by atoms with Gasteiger partial charge in [0.1, 0.15) is 11.5 Å². The number of aryl methyl sites for hydroxylation is 1. The molecule has 0 aliphatic heterocycles.